The van der Waals surface area contributed by atoms with Gasteiger partial charge in [-0.2, -0.15) is 0 Å². The highest BCUT2D eigenvalue weighted by atomic mass is 35.5. The first kappa shape index (κ1) is 16.2. The molecule has 0 radical (unpaired) electrons. The highest BCUT2D eigenvalue weighted by Crippen LogP contribution is 2.21. The lowest BCUT2D eigenvalue weighted by atomic mass is 10.2. The maximum Gasteiger partial charge on any atom is 0.265 e. The predicted molar refractivity (Wildman–Crippen MR) is 76.5 cm³/mol. The smallest absolute Gasteiger partial charge is 0.265 e. The Kier molecular flexibility index (Phi) is 4.92. The summed E-state index contributed by atoms with van der Waals surface area (Å²) in [7, 11) is 0. The Balaban J connectivity index is 2.05. The van der Waals surface area contributed by atoms with E-state index in [9.17, 15) is 18.0 Å². The molecule has 1 unspecified atom stereocenters. The van der Waals surface area contributed by atoms with Crippen molar-refractivity contribution in [3.05, 3.63) is 58.9 Å². The van der Waals surface area contributed by atoms with E-state index in [-0.39, 0.29) is 0 Å². The van der Waals surface area contributed by atoms with Crippen LogP contribution in [0.25, 0.3) is 0 Å². The van der Waals surface area contributed by atoms with E-state index in [0.717, 1.165) is 12.1 Å². The number of anilines is 1. The van der Waals surface area contributed by atoms with Gasteiger partial charge in [0.2, 0.25) is 0 Å². The number of carbonyl (C=O) groups is 1. The fourth-order valence-electron chi connectivity index (χ4n) is 1.63. The van der Waals surface area contributed by atoms with Crippen LogP contribution in [0.5, 0.6) is 5.75 Å². The van der Waals surface area contributed by atoms with E-state index in [4.69, 9.17) is 16.3 Å². The molecule has 2 aromatic rings. The van der Waals surface area contributed by atoms with Crippen LogP contribution >= 0.6 is 11.6 Å². The minimum absolute atomic E-state index is 0.387. The molecule has 0 aliphatic carbocycles. The molecule has 3 nitrogen and oxygen atoms in total. The summed E-state index contributed by atoms with van der Waals surface area (Å²) in [6.45, 7) is 1.43. The first-order valence-electron chi connectivity index (χ1n) is 6.25. The minimum Gasteiger partial charge on any atom is -0.481 e. The number of benzene rings is 2. The minimum atomic E-state index is -1.65. The van der Waals surface area contributed by atoms with Crippen LogP contribution in [0.4, 0.5) is 18.9 Å². The highest BCUT2D eigenvalue weighted by Gasteiger charge is 2.19. The van der Waals surface area contributed by atoms with Crippen molar-refractivity contribution in [1.29, 1.82) is 0 Å². The Labute approximate surface area is 129 Å². The summed E-state index contributed by atoms with van der Waals surface area (Å²) in [6, 6.07) is 7.93. The van der Waals surface area contributed by atoms with Crippen molar-refractivity contribution in [3.63, 3.8) is 0 Å². The first-order valence-corrected chi connectivity index (χ1v) is 6.63. The van der Waals surface area contributed by atoms with Gasteiger partial charge in [-0.05, 0) is 43.3 Å². The second kappa shape index (κ2) is 6.70. The number of carbonyl (C=O) groups excluding carboxylic acids is 1. The van der Waals surface area contributed by atoms with Crippen LogP contribution < -0.4 is 10.1 Å². The highest BCUT2D eigenvalue weighted by molar-refractivity contribution is 6.30. The van der Waals surface area contributed by atoms with Gasteiger partial charge in [-0.15, -0.1) is 0 Å². The largest absolute Gasteiger partial charge is 0.481 e. The third-order valence-electron chi connectivity index (χ3n) is 2.79. The molecule has 0 aliphatic heterocycles. The quantitative estimate of drug-likeness (QED) is 0.855. The summed E-state index contributed by atoms with van der Waals surface area (Å²) in [5, 5.41) is 2.65. The number of hydrogen-bond acceptors (Lipinski definition) is 2. The molecule has 0 bridgehead atoms. The van der Waals surface area contributed by atoms with Crippen molar-refractivity contribution in [2.24, 2.45) is 0 Å². The molecule has 22 heavy (non-hydrogen) atoms. The molecule has 1 amide bonds. The van der Waals surface area contributed by atoms with E-state index in [1.165, 1.54) is 6.92 Å². The summed E-state index contributed by atoms with van der Waals surface area (Å²) in [6.07, 6.45) is -0.978. The fourth-order valence-corrected chi connectivity index (χ4v) is 1.75. The third kappa shape index (κ3) is 3.71. The van der Waals surface area contributed by atoms with Gasteiger partial charge in [0.05, 0.1) is 5.69 Å². The van der Waals surface area contributed by atoms with Gasteiger partial charge in [0.15, 0.2) is 23.6 Å². The van der Waals surface area contributed by atoms with Crippen LogP contribution in [0.3, 0.4) is 0 Å². The molecule has 2 aromatic carbocycles. The zero-order chi connectivity index (χ0) is 16.3. The molecule has 0 fully saturated rings. The van der Waals surface area contributed by atoms with Gasteiger partial charge in [0.1, 0.15) is 5.75 Å². The maximum atomic E-state index is 13.5. The van der Waals surface area contributed by atoms with Crippen LogP contribution in [-0.2, 0) is 4.79 Å². The van der Waals surface area contributed by atoms with Crippen LogP contribution in [-0.4, -0.2) is 12.0 Å². The van der Waals surface area contributed by atoms with Gasteiger partial charge >= 0.3 is 0 Å². The van der Waals surface area contributed by atoms with Crippen molar-refractivity contribution >= 4 is 23.2 Å². The number of nitrogens with one attached hydrogen (secondary N) is 1. The molecule has 0 saturated carbocycles. The Morgan fingerprint density at radius 3 is 2.36 bits per heavy atom. The molecule has 2 rings (SSSR count). The SMILES string of the molecule is CC(Oc1ccc(Cl)cc1)C(=O)Nc1ccc(F)c(F)c1F. The van der Waals surface area contributed by atoms with E-state index in [2.05, 4.69) is 5.32 Å². The van der Waals surface area contributed by atoms with Crippen LogP contribution in [0.1, 0.15) is 6.92 Å². The van der Waals surface area contributed by atoms with Gasteiger partial charge in [-0.1, -0.05) is 11.6 Å². The third-order valence-corrected chi connectivity index (χ3v) is 3.04. The van der Waals surface area contributed by atoms with E-state index in [1.807, 2.05) is 0 Å². The van der Waals surface area contributed by atoms with Gasteiger partial charge in [-0.25, -0.2) is 13.2 Å². The Morgan fingerprint density at radius 1 is 1.09 bits per heavy atom. The second-order valence-electron chi connectivity index (χ2n) is 4.43. The monoisotopic (exact) mass is 329 g/mol. The van der Waals surface area contributed by atoms with E-state index in [1.54, 1.807) is 24.3 Å². The van der Waals surface area contributed by atoms with Crippen molar-refractivity contribution in [2.45, 2.75) is 13.0 Å². The zero-order valence-corrected chi connectivity index (χ0v) is 12.1. The topological polar surface area (TPSA) is 38.3 Å². The molecule has 0 saturated heterocycles. The summed E-state index contributed by atoms with van der Waals surface area (Å²) in [4.78, 5) is 11.9. The number of ether oxygens (including phenoxy) is 1. The number of halogens is 4. The molecule has 0 aromatic heterocycles. The molecule has 7 heteroatoms. The van der Waals surface area contributed by atoms with Crippen molar-refractivity contribution in [1.82, 2.24) is 0 Å². The molecule has 0 aliphatic rings. The molecule has 116 valence electrons. The van der Waals surface area contributed by atoms with Gasteiger partial charge in [0.25, 0.3) is 5.91 Å². The van der Waals surface area contributed by atoms with Gasteiger partial charge in [0, 0.05) is 5.02 Å². The average molecular weight is 330 g/mol. The van der Waals surface area contributed by atoms with Crippen LogP contribution in [0.15, 0.2) is 36.4 Å². The first-order chi connectivity index (χ1) is 10.4. The predicted octanol–water partition coefficient (Wildman–Crippen LogP) is 4.16. The van der Waals surface area contributed by atoms with E-state index < -0.39 is 35.2 Å². The summed E-state index contributed by atoms with van der Waals surface area (Å²) in [5.74, 6) is -4.77. The normalized spacial score (nSPS) is 11.9. The lowest BCUT2D eigenvalue weighted by Crippen LogP contribution is -2.30. The van der Waals surface area contributed by atoms with E-state index in [0.29, 0.717) is 10.8 Å². The molecule has 0 spiro atoms. The lowest BCUT2D eigenvalue weighted by molar-refractivity contribution is -0.122. The van der Waals surface area contributed by atoms with Crippen molar-refractivity contribution < 1.29 is 22.7 Å². The Morgan fingerprint density at radius 2 is 1.73 bits per heavy atom. The van der Waals surface area contributed by atoms with Crippen LogP contribution in [0, 0.1) is 17.5 Å². The number of amides is 1. The molecule has 1 atom stereocenters. The summed E-state index contributed by atoms with van der Waals surface area (Å²) >= 11 is 5.72. The Bertz CT molecular complexity index is 692. The maximum absolute atomic E-state index is 13.5. The van der Waals surface area contributed by atoms with Crippen molar-refractivity contribution in [3.8, 4) is 5.75 Å². The standard InChI is InChI=1S/C15H11ClF3NO2/c1-8(22-10-4-2-9(16)3-5-10)15(21)20-12-7-6-11(17)13(18)14(12)19/h2-8H,1H3,(H,20,21). The molecule has 1 N–H and O–H groups in total. The lowest BCUT2D eigenvalue weighted by Gasteiger charge is -2.15. The van der Waals surface area contributed by atoms with Gasteiger partial charge < -0.3 is 10.1 Å². The number of hydrogen-bond donors (Lipinski definition) is 1. The van der Waals surface area contributed by atoms with Crippen LogP contribution in [0.2, 0.25) is 5.02 Å². The number of rotatable bonds is 4. The second-order valence-corrected chi connectivity index (χ2v) is 4.86. The average Bonchev–Trinajstić information content (AvgIpc) is 2.50. The van der Waals surface area contributed by atoms with Gasteiger partial charge in [-0.3, -0.25) is 4.79 Å². The van der Waals surface area contributed by atoms with Crippen molar-refractivity contribution in [2.75, 3.05) is 5.32 Å². The summed E-state index contributed by atoms with van der Waals surface area (Å²) in [5.41, 5.74) is -0.463. The molecular weight excluding hydrogens is 319 g/mol. The zero-order valence-electron chi connectivity index (χ0n) is 11.4. The Hall–Kier alpha value is -2.21. The van der Waals surface area contributed by atoms with E-state index >= 15 is 0 Å². The summed E-state index contributed by atoms with van der Waals surface area (Å²) < 4.78 is 44.7. The molecule has 0 heterocycles. The molecular formula is C15H11ClF3NO2. The fraction of sp³-hybridized carbons (Fsp3) is 0.133.